The molecular weight excluding hydrogens is 260 g/mol. The summed E-state index contributed by atoms with van der Waals surface area (Å²) in [6, 6.07) is 0. The van der Waals surface area contributed by atoms with Crippen LogP contribution in [0.5, 0.6) is 0 Å². The van der Waals surface area contributed by atoms with Gasteiger partial charge in [0.1, 0.15) is 12.2 Å². The van der Waals surface area contributed by atoms with Crippen molar-refractivity contribution in [1.29, 1.82) is 0 Å². The molecule has 20 heavy (non-hydrogen) atoms. The predicted octanol–water partition coefficient (Wildman–Crippen LogP) is 0.805. The molecule has 0 spiro atoms. The summed E-state index contributed by atoms with van der Waals surface area (Å²) in [5.41, 5.74) is 0.573. The second-order valence-electron chi connectivity index (χ2n) is 5.48. The van der Waals surface area contributed by atoms with Crippen LogP contribution in [0.25, 0.3) is 0 Å². The maximum atomic E-state index is 12.0. The van der Waals surface area contributed by atoms with E-state index in [-0.39, 0.29) is 18.4 Å². The SMILES string of the molecule is CC1CCC(C(=O)NCc2cn(CC(=O)O)nn2)CC1. The predicted molar refractivity (Wildman–Crippen MR) is 70.6 cm³/mol. The lowest BCUT2D eigenvalue weighted by molar-refractivity contribution is -0.138. The van der Waals surface area contributed by atoms with Crippen molar-refractivity contribution in [1.82, 2.24) is 20.3 Å². The molecule has 1 aromatic rings. The molecule has 1 heterocycles. The van der Waals surface area contributed by atoms with Crippen molar-refractivity contribution in [2.45, 2.75) is 45.7 Å². The molecule has 1 aliphatic carbocycles. The van der Waals surface area contributed by atoms with E-state index >= 15 is 0 Å². The normalized spacial score (nSPS) is 22.4. The molecule has 0 unspecified atom stereocenters. The number of amides is 1. The number of aliphatic carboxylic acids is 1. The number of hydrogen-bond donors (Lipinski definition) is 2. The first-order valence-electron chi connectivity index (χ1n) is 6.93. The van der Waals surface area contributed by atoms with Gasteiger partial charge >= 0.3 is 5.97 Å². The van der Waals surface area contributed by atoms with Crippen molar-refractivity contribution in [3.05, 3.63) is 11.9 Å². The molecular formula is C13H20N4O3. The highest BCUT2D eigenvalue weighted by Gasteiger charge is 2.24. The van der Waals surface area contributed by atoms with E-state index in [1.807, 2.05) is 0 Å². The van der Waals surface area contributed by atoms with Crippen LogP contribution in [0.2, 0.25) is 0 Å². The van der Waals surface area contributed by atoms with Crippen molar-refractivity contribution < 1.29 is 14.7 Å². The summed E-state index contributed by atoms with van der Waals surface area (Å²) < 4.78 is 1.24. The molecule has 7 heteroatoms. The van der Waals surface area contributed by atoms with Gasteiger partial charge in [0.15, 0.2) is 0 Å². The maximum absolute atomic E-state index is 12.0. The lowest BCUT2D eigenvalue weighted by Crippen LogP contribution is -2.32. The fourth-order valence-electron chi connectivity index (χ4n) is 2.48. The highest BCUT2D eigenvalue weighted by atomic mass is 16.4. The zero-order valence-corrected chi connectivity index (χ0v) is 11.6. The fraction of sp³-hybridized carbons (Fsp3) is 0.692. The molecule has 0 bridgehead atoms. The minimum atomic E-state index is -0.971. The van der Waals surface area contributed by atoms with E-state index < -0.39 is 5.97 Å². The number of carbonyl (C=O) groups is 2. The second kappa shape index (κ2) is 6.49. The van der Waals surface area contributed by atoms with Crippen LogP contribution in [0.15, 0.2) is 6.20 Å². The van der Waals surface area contributed by atoms with Crippen LogP contribution < -0.4 is 5.32 Å². The summed E-state index contributed by atoms with van der Waals surface area (Å²) in [4.78, 5) is 22.5. The molecule has 1 aliphatic rings. The third-order valence-electron chi connectivity index (χ3n) is 3.71. The summed E-state index contributed by atoms with van der Waals surface area (Å²) in [7, 11) is 0. The first kappa shape index (κ1) is 14.5. The van der Waals surface area contributed by atoms with E-state index in [2.05, 4.69) is 22.6 Å². The molecule has 1 fully saturated rings. The zero-order chi connectivity index (χ0) is 14.5. The van der Waals surface area contributed by atoms with Gasteiger partial charge in [-0.1, -0.05) is 12.1 Å². The number of hydrogen-bond acceptors (Lipinski definition) is 4. The molecule has 0 atom stereocenters. The lowest BCUT2D eigenvalue weighted by Gasteiger charge is -2.25. The molecule has 110 valence electrons. The van der Waals surface area contributed by atoms with E-state index in [9.17, 15) is 9.59 Å². The first-order chi connectivity index (χ1) is 9.54. The fourth-order valence-corrected chi connectivity index (χ4v) is 2.48. The monoisotopic (exact) mass is 280 g/mol. The Kier molecular flexibility index (Phi) is 4.70. The van der Waals surface area contributed by atoms with Crippen molar-refractivity contribution in [3.8, 4) is 0 Å². The standard InChI is InChI=1S/C13H20N4O3/c1-9-2-4-10(5-3-9)13(20)14-6-11-7-17(16-15-11)8-12(18)19/h7,9-10H,2-6,8H2,1H3,(H,14,20)(H,18,19). The summed E-state index contributed by atoms with van der Waals surface area (Å²) in [5, 5.41) is 19.0. The first-order valence-corrected chi connectivity index (χ1v) is 6.93. The Morgan fingerprint density at radius 3 is 2.75 bits per heavy atom. The Morgan fingerprint density at radius 1 is 1.40 bits per heavy atom. The quantitative estimate of drug-likeness (QED) is 0.831. The van der Waals surface area contributed by atoms with Gasteiger partial charge in [-0.3, -0.25) is 9.59 Å². The second-order valence-corrected chi connectivity index (χ2v) is 5.48. The van der Waals surface area contributed by atoms with E-state index in [0.29, 0.717) is 12.2 Å². The molecule has 1 saturated carbocycles. The van der Waals surface area contributed by atoms with Crippen molar-refractivity contribution in [3.63, 3.8) is 0 Å². The van der Waals surface area contributed by atoms with Gasteiger partial charge < -0.3 is 10.4 Å². The molecule has 1 amide bonds. The number of carboxylic acid groups (broad SMARTS) is 1. The summed E-state index contributed by atoms with van der Waals surface area (Å²) in [5.74, 6) is -0.0956. The number of nitrogens with one attached hydrogen (secondary N) is 1. The van der Waals surface area contributed by atoms with Gasteiger partial charge in [0.2, 0.25) is 5.91 Å². The number of nitrogens with zero attached hydrogens (tertiary/aromatic N) is 3. The molecule has 0 aromatic carbocycles. The van der Waals surface area contributed by atoms with Crippen LogP contribution in [0.3, 0.4) is 0 Å². The number of carbonyl (C=O) groups excluding carboxylic acids is 1. The number of rotatable bonds is 5. The Labute approximate surface area is 117 Å². The van der Waals surface area contributed by atoms with Crippen LogP contribution in [0.1, 0.15) is 38.3 Å². The maximum Gasteiger partial charge on any atom is 0.325 e. The minimum absolute atomic E-state index is 0.0599. The van der Waals surface area contributed by atoms with Crippen LogP contribution in [0.4, 0.5) is 0 Å². The molecule has 2 N–H and O–H groups in total. The average molecular weight is 280 g/mol. The van der Waals surface area contributed by atoms with E-state index in [4.69, 9.17) is 5.11 Å². The Bertz CT molecular complexity index is 478. The largest absolute Gasteiger partial charge is 0.480 e. The van der Waals surface area contributed by atoms with E-state index in [1.165, 1.54) is 10.9 Å². The Balaban J connectivity index is 1.78. The Hall–Kier alpha value is -1.92. The van der Waals surface area contributed by atoms with Crippen LogP contribution in [-0.2, 0) is 22.7 Å². The van der Waals surface area contributed by atoms with E-state index in [0.717, 1.165) is 31.6 Å². The van der Waals surface area contributed by atoms with Crippen LogP contribution in [0, 0.1) is 11.8 Å². The van der Waals surface area contributed by atoms with E-state index in [1.54, 1.807) is 0 Å². The van der Waals surface area contributed by atoms with Gasteiger partial charge in [-0.15, -0.1) is 5.10 Å². The zero-order valence-electron chi connectivity index (χ0n) is 11.6. The van der Waals surface area contributed by atoms with Gasteiger partial charge in [-0.2, -0.15) is 0 Å². The van der Waals surface area contributed by atoms with Crippen LogP contribution in [-0.4, -0.2) is 32.0 Å². The van der Waals surface area contributed by atoms with Gasteiger partial charge in [0.25, 0.3) is 0 Å². The molecule has 2 rings (SSSR count). The number of aromatic nitrogens is 3. The third-order valence-corrected chi connectivity index (χ3v) is 3.71. The molecule has 0 aliphatic heterocycles. The topological polar surface area (TPSA) is 97.1 Å². The van der Waals surface area contributed by atoms with Crippen LogP contribution >= 0.6 is 0 Å². The van der Waals surface area contributed by atoms with Gasteiger partial charge in [0, 0.05) is 5.92 Å². The molecule has 7 nitrogen and oxygen atoms in total. The van der Waals surface area contributed by atoms with Crippen molar-refractivity contribution in [2.75, 3.05) is 0 Å². The number of carboxylic acids is 1. The van der Waals surface area contributed by atoms with Crippen molar-refractivity contribution >= 4 is 11.9 Å². The minimum Gasteiger partial charge on any atom is -0.480 e. The highest BCUT2D eigenvalue weighted by molar-refractivity contribution is 5.78. The molecule has 0 radical (unpaired) electrons. The third kappa shape index (κ3) is 4.04. The molecule has 1 aromatic heterocycles. The summed E-state index contributed by atoms with van der Waals surface area (Å²) in [6.07, 6.45) is 5.63. The smallest absolute Gasteiger partial charge is 0.325 e. The lowest BCUT2D eigenvalue weighted by atomic mass is 9.82. The van der Waals surface area contributed by atoms with Gasteiger partial charge in [-0.25, -0.2) is 4.68 Å². The summed E-state index contributed by atoms with van der Waals surface area (Å²) >= 11 is 0. The summed E-state index contributed by atoms with van der Waals surface area (Å²) in [6.45, 7) is 2.29. The highest BCUT2D eigenvalue weighted by Crippen LogP contribution is 2.28. The van der Waals surface area contributed by atoms with Gasteiger partial charge in [-0.05, 0) is 31.6 Å². The average Bonchev–Trinajstić information content (AvgIpc) is 2.83. The van der Waals surface area contributed by atoms with Gasteiger partial charge in [0.05, 0.1) is 12.7 Å². The Morgan fingerprint density at radius 2 is 2.10 bits per heavy atom. The van der Waals surface area contributed by atoms with Crippen molar-refractivity contribution in [2.24, 2.45) is 11.8 Å². The molecule has 0 saturated heterocycles.